The van der Waals surface area contributed by atoms with Gasteiger partial charge in [0.05, 0.1) is 18.4 Å². The number of aromatic nitrogens is 2. The Kier molecular flexibility index (Phi) is 6.18. The van der Waals surface area contributed by atoms with Crippen molar-refractivity contribution in [3.8, 4) is 0 Å². The third kappa shape index (κ3) is 4.63. The first kappa shape index (κ1) is 18.9. The van der Waals surface area contributed by atoms with E-state index in [4.69, 9.17) is 9.47 Å². The molecule has 1 aliphatic heterocycles. The minimum absolute atomic E-state index is 0.301. The van der Waals surface area contributed by atoms with E-state index in [1.807, 2.05) is 6.20 Å². The standard InChI is InChI=1S/C20H35N3O2/c1-5-6-11-23(4)14-18-13-21-22-19(18)17-7-9-20(10-8-17)24-15(2)12-16(3)25-20/h13,15-17H,5-12,14H2,1-4H3,(H,21,22). The van der Waals surface area contributed by atoms with Gasteiger partial charge in [0, 0.05) is 36.6 Å². The molecule has 1 aromatic heterocycles. The molecule has 1 N–H and O–H groups in total. The molecule has 1 saturated heterocycles. The van der Waals surface area contributed by atoms with Crippen LogP contribution in [0, 0.1) is 0 Å². The molecular formula is C20H35N3O2. The lowest BCUT2D eigenvalue weighted by molar-refractivity contribution is -0.323. The smallest absolute Gasteiger partial charge is 0.169 e. The highest BCUT2D eigenvalue weighted by atomic mass is 16.7. The van der Waals surface area contributed by atoms with Gasteiger partial charge in [0.15, 0.2) is 5.79 Å². The third-order valence-electron chi connectivity index (χ3n) is 5.74. The van der Waals surface area contributed by atoms with Gasteiger partial charge in [0.2, 0.25) is 0 Å². The highest BCUT2D eigenvalue weighted by molar-refractivity contribution is 5.21. The lowest BCUT2D eigenvalue weighted by Gasteiger charge is -2.46. The summed E-state index contributed by atoms with van der Waals surface area (Å²) in [4.78, 5) is 2.40. The van der Waals surface area contributed by atoms with E-state index in [2.05, 4.69) is 42.9 Å². The van der Waals surface area contributed by atoms with Crippen molar-refractivity contribution in [2.45, 2.75) is 96.2 Å². The first-order chi connectivity index (χ1) is 12.0. The summed E-state index contributed by atoms with van der Waals surface area (Å²) in [7, 11) is 2.20. The number of ether oxygens (including phenoxy) is 2. The summed E-state index contributed by atoms with van der Waals surface area (Å²) in [6.07, 6.45) is 10.3. The van der Waals surface area contributed by atoms with Crippen LogP contribution >= 0.6 is 0 Å². The van der Waals surface area contributed by atoms with Gasteiger partial charge in [0.1, 0.15) is 0 Å². The number of rotatable bonds is 6. The van der Waals surface area contributed by atoms with Crippen LogP contribution in [0.2, 0.25) is 0 Å². The Morgan fingerprint density at radius 1 is 1.24 bits per heavy atom. The second-order valence-corrected chi connectivity index (χ2v) is 8.18. The van der Waals surface area contributed by atoms with Gasteiger partial charge in [-0.1, -0.05) is 13.3 Å². The molecule has 2 heterocycles. The Morgan fingerprint density at radius 2 is 1.92 bits per heavy atom. The predicted molar refractivity (Wildman–Crippen MR) is 99.5 cm³/mol. The zero-order chi connectivity index (χ0) is 17.9. The Bertz CT molecular complexity index is 525. The van der Waals surface area contributed by atoms with Crippen molar-refractivity contribution in [3.05, 3.63) is 17.5 Å². The number of H-pyrrole nitrogens is 1. The van der Waals surface area contributed by atoms with Crippen LogP contribution in [-0.2, 0) is 16.0 Å². The normalized spacial score (nSPS) is 33.2. The van der Waals surface area contributed by atoms with Gasteiger partial charge >= 0.3 is 0 Å². The molecule has 0 bridgehead atoms. The maximum atomic E-state index is 6.23. The summed E-state index contributed by atoms with van der Waals surface area (Å²) in [5.74, 6) is 0.202. The molecule has 2 aliphatic rings. The Balaban J connectivity index is 1.59. The van der Waals surface area contributed by atoms with Crippen LogP contribution in [0.3, 0.4) is 0 Å². The van der Waals surface area contributed by atoms with E-state index in [0.29, 0.717) is 18.1 Å². The second kappa shape index (κ2) is 8.19. The summed E-state index contributed by atoms with van der Waals surface area (Å²) in [5, 5.41) is 7.63. The molecule has 25 heavy (non-hydrogen) atoms. The van der Waals surface area contributed by atoms with Gasteiger partial charge in [-0.25, -0.2) is 0 Å². The average molecular weight is 350 g/mol. The fourth-order valence-corrected chi connectivity index (χ4v) is 4.51. The molecule has 142 valence electrons. The molecule has 1 aromatic rings. The molecule has 3 rings (SSSR count). The Labute approximate surface area is 152 Å². The average Bonchev–Trinajstić information content (AvgIpc) is 3.00. The Hall–Kier alpha value is -0.910. The van der Waals surface area contributed by atoms with Crippen molar-refractivity contribution in [1.29, 1.82) is 0 Å². The van der Waals surface area contributed by atoms with Crippen LogP contribution < -0.4 is 0 Å². The first-order valence-electron chi connectivity index (χ1n) is 10.1. The molecule has 5 nitrogen and oxygen atoms in total. The number of nitrogens with one attached hydrogen (secondary N) is 1. The minimum atomic E-state index is -0.342. The van der Waals surface area contributed by atoms with Crippen molar-refractivity contribution < 1.29 is 9.47 Å². The Morgan fingerprint density at radius 3 is 2.56 bits per heavy atom. The fraction of sp³-hybridized carbons (Fsp3) is 0.850. The van der Waals surface area contributed by atoms with E-state index >= 15 is 0 Å². The molecule has 5 heteroatoms. The van der Waals surface area contributed by atoms with E-state index in [9.17, 15) is 0 Å². The van der Waals surface area contributed by atoms with Crippen LogP contribution in [0.5, 0.6) is 0 Å². The van der Waals surface area contributed by atoms with Gasteiger partial charge in [-0.15, -0.1) is 0 Å². The van der Waals surface area contributed by atoms with Gasteiger partial charge in [0.25, 0.3) is 0 Å². The maximum absolute atomic E-state index is 6.23. The quantitative estimate of drug-likeness (QED) is 0.836. The summed E-state index contributed by atoms with van der Waals surface area (Å²) < 4.78 is 12.5. The van der Waals surface area contributed by atoms with Crippen LogP contribution in [0.1, 0.15) is 82.9 Å². The van der Waals surface area contributed by atoms with Crippen molar-refractivity contribution in [2.24, 2.45) is 0 Å². The topological polar surface area (TPSA) is 50.4 Å². The van der Waals surface area contributed by atoms with Gasteiger partial charge < -0.3 is 14.4 Å². The lowest BCUT2D eigenvalue weighted by atomic mass is 9.81. The third-order valence-corrected chi connectivity index (χ3v) is 5.74. The van der Waals surface area contributed by atoms with Crippen molar-refractivity contribution in [3.63, 3.8) is 0 Å². The monoisotopic (exact) mass is 349 g/mol. The molecule has 0 radical (unpaired) electrons. The zero-order valence-electron chi connectivity index (χ0n) is 16.4. The maximum Gasteiger partial charge on any atom is 0.169 e. The van der Waals surface area contributed by atoms with Crippen molar-refractivity contribution >= 4 is 0 Å². The van der Waals surface area contributed by atoms with Crippen molar-refractivity contribution in [2.75, 3.05) is 13.6 Å². The first-order valence-corrected chi connectivity index (χ1v) is 10.1. The van der Waals surface area contributed by atoms with Gasteiger partial charge in [-0.3, -0.25) is 5.10 Å². The second-order valence-electron chi connectivity index (χ2n) is 8.18. The molecule has 1 aliphatic carbocycles. The van der Waals surface area contributed by atoms with Gasteiger partial charge in [-0.2, -0.15) is 5.10 Å². The van der Waals surface area contributed by atoms with E-state index in [-0.39, 0.29) is 5.79 Å². The summed E-state index contributed by atoms with van der Waals surface area (Å²) in [5.41, 5.74) is 2.68. The molecule has 0 aromatic carbocycles. The molecule has 2 fully saturated rings. The summed E-state index contributed by atoms with van der Waals surface area (Å²) in [6, 6.07) is 0. The van der Waals surface area contributed by atoms with Crippen LogP contribution in [0.15, 0.2) is 6.20 Å². The fourth-order valence-electron chi connectivity index (χ4n) is 4.51. The highest BCUT2D eigenvalue weighted by Gasteiger charge is 2.43. The van der Waals surface area contributed by atoms with E-state index in [1.54, 1.807) is 0 Å². The van der Waals surface area contributed by atoms with Crippen LogP contribution in [-0.4, -0.2) is 46.7 Å². The van der Waals surface area contributed by atoms with Crippen molar-refractivity contribution in [1.82, 2.24) is 15.1 Å². The van der Waals surface area contributed by atoms with Gasteiger partial charge in [-0.05, 0) is 53.1 Å². The van der Waals surface area contributed by atoms with E-state index in [1.165, 1.54) is 24.1 Å². The van der Waals surface area contributed by atoms with E-state index in [0.717, 1.165) is 45.2 Å². The van der Waals surface area contributed by atoms with E-state index < -0.39 is 0 Å². The molecule has 2 unspecified atom stereocenters. The zero-order valence-corrected chi connectivity index (χ0v) is 16.4. The molecule has 1 saturated carbocycles. The van der Waals surface area contributed by atoms with Crippen LogP contribution in [0.4, 0.5) is 0 Å². The van der Waals surface area contributed by atoms with Crippen LogP contribution in [0.25, 0.3) is 0 Å². The summed E-state index contributed by atoms with van der Waals surface area (Å²) >= 11 is 0. The summed E-state index contributed by atoms with van der Waals surface area (Å²) in [6.45, 7) is 8.71. The molecule has 1 spiro atoms. The molecule has 2 atom stereocenters. The minimum Gasteiger partial charge on any atom is -0.347 e. The number of unbranched alkanes of at least 4 members (excludes halogenated alkanes) is 1. The largest absolute Gasteiger partial charge is 0.347 e. The number of hydrogen-bond acceptors (Lipinski definition) is 4. The number of aromatic amines is 1. The highest BCUT2D eigenvalue weighted by Crippen LogP contribution is 2.44. The molecular weight excluding hydrogens is 314 g/mol. The predicted octanol–water partition coefficient (Wildman–Crippen LogP) is 4.21. The SMILES string of the molecule is CCCCN(C)Cc1cn[nH]c1C1CCC2(CC1)OC(C)CC(C)O2. The number of hydrogen-bond donors (Lipinski definition) is 1. The lowest BCUT2D eigenvalue weighted by Crippen LogP contribution is -2.49. The molecule has 0 amide bonds. The number of nitrogens with zero attached hydrogens (tertiary/aromatic N) is 2.